The molecule has 0 saturated carbocycles. The quantitative estimate of drug-likeness (QED) is 0.726. The third kappa shape index (κ3) is 4.51. The smallest absolute Gasteiger partial charge is 0.265 e. The SMILES string of the molecule is O=C(NCc1ccc(F)cc1)c1cccc(NC(=O)c2cccs2)c1. The minimum absolute atomic E-state index is 0.209. The molecule has 0 unspecified atom stereocenters. The molecule has 25 heavy (non-hydrogen) atoms. The van der Waals surface area contributed by atoms with E-state index in [4.69, 9.17) is 0 Å². The zero-order valence-corrected chi connectivity index (χ0v) is 14.0. The van der Waals surface area contributed by atoms with Crippen LogP contribution in [-0.4, -0.2) is 11.8 Å². The van der Waals surface area contributed by atoms with Crippen molar-refractivity contribution in [2.45, 2.75) is 6.54 Å². The van der Waals surface area contributed by atoms with Crippen molar-refractivity contribution in [2.75, 3.05) is 5.32 Å². The van der Waals surface area contributed by atoms with Gasteiger partial charge in [-0.05, 0) is 47.3 Å². The van der Waals surface area contributed by atoms with Crippen molar-refractivity contribution in [3.63, 3.8) is 0 Å². The summed E-state index contributed by atoms with van der Waals surface area (Å²) in [5, 5.41) is 7.37. The van der Waals surface area contributed by atoms with E-state index in [0.717, 1.165) is 5.56 Å². The van der Waals surface area contributed by atoms with E-state index >= 15 is 0 Å². The Bertz CT molecular complexity index is 877. The molecule has 1 heterocycles. The zero-order valence-electron chi connectivity index (χ0n) is 13.2. The van der Waals surface area contributed by atoms with Gasteiger partial charge in [-0.15, -0.1) is 11.3 Å². The second kappa shape index (κ2) is 7.72. The standard InChI is InChI=1S/C19H15FN2O2S/c20-15-8-6-13(7-9-15)12-21-18(23)14-3-1-4-16(11-14)22-19(24)17-5-2-10-25-17/h1-11H,12H2,(H,21,23)(H,22,24). The molecule has 0 spiro atoms. The second-order valence-corrected chi connectivity index (χ2v) is 6.27. The highest BCUT2D eigenvalue weighted by atomic mass is 32.1. The molecule has 0 saturated heterocycles. The molecule has 0 radical (unpaired) electrons. The lowest BCUT2D eigenvalue weighted by atomic mass is 10.1. The van der Waals surface area contributed by atoms with E-state index in [0.29, 0.717) is 22.7 Å². The Kier molecular flexibility index (Phi) is 5.20. The normalized spacial score (nSPS) is 10.3. The van der Waals surface area contributed by atoms with Gasteiger partial charge in [0.1, 0.15) is 5.82 Å². The van der Waals surface area contributed by atoms with Gasteiger partial charge in [-0.1, -0.05) is 24.3 Å². The number of anilines is 1. The van der Waals surface area contributed by atoms with Gasteiger partial charge in [-0.25, -0.2) is 4.39 Å². The summed E-state index contributed by atoms with van der Waals surface area (Å²) in [7, 11) is 0. The maximum atomic E-state index is 12.9. The van der Waals surface area contributed by atoms with Crippen LogP contribution in [0, 0.1) is 5.82 Å². The molecule has 6 heteroatoms. The first-order chi connectivity index (χ1) is 12.1. The summed E-state index contributed by atoms with van der Waals surface area (Å²) < 4.78 is 12.9. The van der Waals surface area contributed by atoms with Crippen molar-refractivity contribution in [3.05, 3.63) is 87.9 Å². The summed E-state index contributed by atoms with van der Waals surface area (Å²) in [5.74, 6) is -0.792. The van der Waals surface area contributed by atoms with E-state index in [1.54, 1.807) is 48.5 Å². The minimum Gasteiger partial charge on any atom is -0.348 e. The zero-order chi connectivity index (χ0) is 17.6. The summed E-state index contributed by atoms with van der Waals surface area (Å²) in [6, 6.07) is 16.2. The van der Waals surface area contributed by atoms with E-state index in [2.05, 4.69) is 10.6 Å². The lowest BCUT2D eigenvalue weighted by molar-refractivity contribution is 0.0949. The number of nitrogens with one attached hydrogen (secondary N) is 2. The van der Waals surface area contributed by atoms with E-state index in [-0.39, 0.29) is 17.6 Å². The maximum absolute atomic E-state index is 12.9. The molecule has 3 rings (SSSR count). The number of hydrogen-bond acceptors (Lipinski definition) is 3. The molecule has 0 aliphatic rings. The van der Waals surface area contributed by atoms with E-state index in [1.165, 1.54) is 23.5 Å². The van der Waals surface area contributed by atoms with Crippen LogP contribution in [-0.2, 0) is 6.54 Å². The number of benzene rings is 2. The van der Waals surface area contributed by atoms with Crippen LogP contribution in [0.3, 0.4) is 0 Å². The summed E-state index contributed by atoms with van der Waals surface area (Å²) in [5.41, 5.74) is 1.79. The van der Waals surface area contributed by atoms with Crippen LogP contribution in [0.4, 0.5) is 10.1 Å². The Morgan fingerprint density at radius 2 is 1.76 bits per heavy atom. The number of halogens is 1. The molecule has 2 amide bonds. The van der Waals surface area contributed by atoms with Gasteiger partial charge in [0, 0.05) is 17.8 Å². The highest BCUT2D eigenvalue weighted by molar-refractivity contribution is 7.12. The third-order valence-electron chi connectivity index (χ3n) is 3.49. The van der Waals surface area contributed by atoms with E-state index < -0.39 is 0 Å². The average molecular weight is 354 g/mol. The third-order valence-corrected chi connectivity index (χ3v) is 4.36. The molecule has 0 aliphatic carbocycles. The van der Waals surface area contributed by atoms with Crippen molar-refractivity contribution in [3.8, 4) is 0 Å². The van der Waals surface area contributed by atoms with Gasteiger partial charge >= 0.3 is 0 Å². The van der Waals surface area contributed by atoms with Crippen LogP contribution in [0.5, 0.6) is 0 Å². The number of hydrogen-bond donors (Lipinski definition) is 2. The van der Waals surface area contributed by atoms with Gasteiger partial charge in [0.25, 0.3) is 11.8 Å². The molecule has 126 valence electrons. The average Bonchev–Trinajstić information content (AvgIpc) is 3.16. The largest absolute Gasteiger partial charge is 0.348 e. The van der Waals surface area contributed by atoms with Crippen LogP contribution in [0.15, 0.2) is 66.0 Å². The summed E-state index contributed by atoms with van der Waals surface area (Å²) in [4.78, 5) is 24.9. The van der Waals surface area contributed by atoms with Crippen LogP contribution in [0.2, 0.25) is 0 Å². The number of amides is 2. The van der Waals surface area contributed by atoms with E-state index in [9.17, 15) is 14.0 Å². The fourth-order valence-electron chi connectivity index (χ4n) is 2.23. The molecule has 3 aromatic rings. The molecule has 0 bridgehead atoms. The fraction of sp³-hybridized carbons (Fsp3) is 0.0526. The molecular formula is C19H15FN2O2S. The van der Waals surface area contributed by atoms with Crippen molar-refractivity contribution >= 4 is 28.8 Å². The van der Waals surface area contributed by atoms with Gasteiger partial charge in [0.2, 0.25) is 0 Å². The minimum atomic E-state index is -0.316. The number of carbonyl (C=O) groups excluding carboxylic acids is 2. The summed E-state index contributed by atoms with van der Waals surface area (Å²) >= 11 is 1.35. The highest BCUT2D eigenvalue weighted by Crippen LogP contribution is 2.15. The predicted octanol–water partition coefficient (Wildman–Crippen LogP) is 4.07. The van der Waals surface area contributed by atoms with Crippen LogP contribution in [0.1, 0.15) is 25.6 Å². The van der Waals surface area contributed by atoms with Gasteiger partial charge in [0.15, 0.2) is 0 Å². The second-order valence-electron chi connectivity index (χ2n) is 5.32. The number of thiophene rings is 1. The fourth-order valence-corrected chi connectivity index (χ4v) is 2.84. The molecule has 1 aromatic heterocycles. The predicted molar refractivity (Wildman–Crippen MR) is 96.3 cm³/mol. The van der Waals surface area contributed by atoms with Crippen molar-refractivity contribution in [1.82, 2.24) is 5.32 Å². The van der Waals surface area contributed by atoms with Crippen LogP contribution < -0.4 is 10.6 Å². The Hall–Kier alpha value is -2.99. The lowest BCUT2D eigenvalue weighted by Crippen LogP contribution is -2.23. The van der Waals surface area contributed by atoms with Crippen molar-refractivity contribution in [1.29, 1.82) is 0 Å². The molecule has 0 fully saturated rings. The number of rotatable bonds is 5. The van der Waals surface area contributed by atoms with Crippen LogP contribution >= 0.6 is 11.3 Å². The molecule has 2 N–H and O–H groups in total. The van der Waals surface area contributed by atoms with Crippen molar-refractivity contribution < 1.29 is 14.0 Å². The van der Waals surface area contributed by atoms with Gasteiger partial charge in [-0.3, -0.25) is 9.59 Å². The molecule has 4 nitrogen and oxygen atoms in total. The lowest BCUT2D eigenvalue weighted by Gasteiger charge is -2.08. The Morgan fingerprint density at radius 3 is 2.48 bits per heavy atom. The van der Waals surface area contributed by atoms with Crippen molar-refractivity contribution in [2.24, 2.45) is 0 Å². The topological polar surface area (TPSA) is 58.2 Å². The monoisotopic (exact) mass is 354 g/mol. The Balaban J connectivity index is 1.63. The summed E-state index contributed by atoms with van der Waals surface area (Å²) in [6.07, 6.45) is 0. The first kappa shape index (κ1) is 16.9. The summed E-state index contributed by atoms with van der Waals surface area (Å²) in [6.45, 7) is 0.297. The molecular weight excluding hydrogens is 339 g/mol. The first-order valence-electron chi connectivity index (χ1n) is 7.59. The van der Waals surface area contributed by atoms with Crippen LogP contribution in [0.25, 0.3) is 0 Å². The maximum Gasteiger partial charge on any atom is 0.265 e. The van der Waals surface area contributed by atoms with Gasteiger partial charge in [-0.2, -0.15) is 0 Å². The molecule has 2 aromatic carbocycles. The molecule has 0 atom stereocenters. The van der Waals surface area contributed by atoms with Gasteiger partial charge < -0.3 is 10.6 Å². The van der Waals surface area contributed by atoms with E-state index in [1.807, 2.05) is 5.38 Å². The Morgan fingerprint density at radius 1 is 0.960 bits per heavy atom. The molecule has 0 aliphatic heterocycles. The number of carbonyl (C=O) groups is 2. The Labute approximate surface area is 148 Å². The highest BCUT2D eigenvalue weighted by Gasteiger charge is 2.10. The van der Waals surface area contributed by atoms with Gasteiger partial charge in [0.05, 0.1) is 4.88 Å². The first-order valence-corrected chi connectivity index (χ1v) is 8.47.